The number of aliphatic hydroxyl groups excluding tert-OH is 1. The van der Waals surface area contributed by atoms with Crippen molar-refractivity contribution >= 4 is 15.9 Å². The van der Waals surface area contributed by atoms with Crippen LogP contribution in [0.2, 0.25) is 0 Å². The lowest BCUT2D eigenvalue weighted by molar-refractivity contribution is -0.274. The van der Waals surface area contributed by atoms with Crippen LogP contribution in [0.15, 0.2) is 46.9 Å². The van der Waals surface area contributed by atoms with Gasteiger partial charge in [-0.25, -0.2) is 0 Å². The molecule has 0 radical (unpaired) electrons. The van der Waals surface area contributed by atoms with Crippen LogP contribution >= 0.6 is 15.9 Å². The van der Waals surface area contributed by atoms with Crippen LogP contribution in [-0.2, 0) is 6.61 Å². The van der Waals surface area contributed by atoms with E-state index < -0.39 is 6.36 Å². The zero-order chi connectivity index (χ0) is 14.8. The highest BCUT2D eigenvalue weighted by Gasteiger charge is 2.31. The second-order valence-electron chi connectivity index (χ2n) is 4.08. The molecular formula is C14H10BrF3O2. The number of halogens is 4. The lowest BCUT2D eigenvalue weighted by Crippen LogP contribution is -2.17. The van der Waals surface area contributed by atoms with Crippen LogP contribution in [0.5, 0.6) is 5.75 Å². The maximum absolute atomic E-state index is 12.2. The van der Waals surface area contributed by atoms with Gasteiger partial charge in [0.05, 0.1) is 6.61 Å². The molecular weight excluding hydrogens is 337 g/mol. The largest absolute Gasteiger partial charge is 0.573 e. The highest BCUT2D eigenvalue weighted by molar-refractivity contribution is 9.10. The second kappa shape index (κ2) is 5.85. The average molecular weight is 347 g/mol. The van der Waals surface area contributed by atoms with Crippen molar-refractivity contribution in [3.8, 4) is 16.9 Å². The Hall–Kier alpha value is -1.53. The van der Waals surface area contributed by atoms with E-state index in [1.54, 1.807) is 30.3 Å². The quantitative estimate of drug-likeness (QED) is 0.886. The monoisotopic (exact) mass is 346 g/mol. The Labute approximate surface area is 121 Å². The molecule has 2 aromatic rings. The van der Waals surface area contributed by atoms with E-state index in [1.807, 2.05) is 0 Å². The summed E-state index contributed by atoms with van der Waals surface area (Å²) in [7, 11) is 0. The summed E-state index contributed by atoms with van der Waals surface area (Å²) in [4.78, 5) is 0. The van der Waals surface area contributed by atoms with Crippen LogP contribution in [-0.4, -0.2) is 11.5 Å². The van der Waals surface area contributed by atoms with E-state index in [2.05, 4.69) is 20.7 Å². The summed E-state index contributed by atoms with van der Waals surface area (Å²) in [5, 5.41) is 8.96. The summed E-state index contributed by atoms with van der Waals surface area (Å²) in [6, 6.07) is 11.1. The summed E-state index contributed by atoms with van der Waals surface area (Å²) < 4.78 is 41.1. The second-order valence-corrected chi connectivity index (χ2v) is 4.99. The van der Waals surface area contributed by atoms with E-state index in [9.17, 15) is 13.2 Å². The van der Waals surface area contributed by atoms with Gasteiger partial charge < -0.3 is 9.84 Å². The van der Waals surface area contributed by atoms with Crippen LogP contribution in [0.3, 0.4) is 0 Å². The molecule has 0 aliphatic heterocycles. The number of rotatable bonds is 3. The zero-order valence-corrected chi connectivity index (χ0v) is 11.7. The maximum atomic E-state index is 12.2. The molecule has 0 saturated carbocycles. The Morgan fingerprint density at radius 1 is 1.00 bits per heavy atom. The molecule has 0 aliphatic carbocycles. The maximum Gasteiger partial charge on any atom is 0.573 e. The Morgan fingerprint density at radius 3 is 2.20 bits per heavy atom. The van der Waals surface area contributed by atoms with Crippen molar-refractivity contribution in [3.05, 3.63) is 52.5 Å². The summed E-state index contributed by atoms with van der Waals surface area (Å²) >= 11 is 3.16. The van der Waals surface area contributed by atoms with Crippen molar-refractivity contribution in [1.82, 2.24) is 0 Å². The lowest BCUT2D eigenvalue weighted by atomic mass is 10.0. The van der Waals surface area contributed by atoms with E-state index in [0.717, 1.165) is 11.1 Å². The normalized spacial score (nSPS) is 11.4. The Bertz CT molecular complexity index is 594. The third-order valence-corrected chi connectivity index (χ3v) is 3.03. The molecule has 2 rings (SSSR count). The molecule has 1 N–H and O–H groups in total. The molecule has 0 saturated heterocycles. The van der Waals surface area contributed by atoms with Gasteiger partial charge in [-0.05, 0) is 34.9 Å². The minimum absolute atomic E-state index is 0.0821. The SMILES string of the molecule is OCc1ccc(-c2cc(Br)cc(OC(F)(F)F)c2)cc1. The van der Waals surface area contributed by atoms with Gasteiger partial charge in [-0.1, -0.05) is 40.2 Å². The molecule has 0 unspecified atom stereocenters. The van der Waals surface area contributed by atoms with Crippen LogP contribution in [0.25, 0.3) is 11.1 Å². The fraction of sp³-hybridized carbons (Fsp3) is 0.143. The van der Waals surface area contributed by atoms with Crippen molar-refractivity contribution in [2.45, 2.75) is 13.0 Å². The van der Waals surface area contributed by atoms with Crippen molar-refractivity contribution in [2.75, 3.05) is 0 Å². The highest BCUT2D eigenvalue weighted by Crippen LogP contribution is 2.31. The predicted octanol–water partition coefficient (Wildman–Crippen LogP) is 4.51. The number of benzene rings is 2. The van der Waals surface area contributed by atoms with E-state index in [1.165, 1.54) is 12.1 Å². The van der Waals surface area contributed by atoms with Gasteiger partial charge in [0, 0.05) is 4.47 Å². The topological polar surface area (TPSA) is 29.5 Å². The minimum Gasteiger partial charge on any atom is -0.406 e. The minimum atomic E-state index is -4.72. The smallest absolute Gasteiger partial charge is 0.406 e. The first-order valence-electron chi connectivity index (χ1n) is 5.64. The van der Waals surface area contributed by atoms with Crippen molar-refractivity contribution < 1.29 is 23.0 Å². The zero-order valence-electron chi connectivity index (χ0n) is 10.1. The van der Waals surface area contributed by atoms with Gasteiger partial charge in [0.15, 0.2) is 0 Å². The first kappa shape index (κ1) is 14.9. The standard InChI is InChI=1S/C14H10BrF3O2/c15-12-5-11(6-13(7-12)20-14(16,17)18)10-3-1-9(8-19)2-4-10/h1-7,19H,8H2. The molecule has 0 bridgehead atoms. The summed E-state index contributed by atoms with van der Waals surface area (Å²) in [6.07, 6.45) is -4.72. The van der Waals surface area contributed by atoms with Gasteiger partial charge >= 0.3 is 6.36 Å². The number of ether oxygens (including phenoxy) is 1. The first-order valence-corrected chi connectivity index (χ1v) is 6.43. The fourth-order valence-electron chi connectivity index (χ4n) is 1.72. The van der Waals surface area contributed by atoms with Gasteiger partial charge in [-0.15, -0.1) is 13.2 Å². The van der Waals surface area contributed by atoms with Gasteiger partial charge in [0.2, 0.25) is 0 Å². The lowest BCUT2D eigenvalue weighted by Gasteiger charge is -2.11. The van der Waals surface area contributed by atoms with Crippen LogP contribution in [0.4, 0.5) is 13.2 Å². The number of hydrogen-bond acceptors (Lipinski definition) is 2. The molecule has 20 heavy (non-hydrogen) atoms. The predicted molar refractivity (Wildman–Crippen MR) is 72.2 cm³/mol. The molecule has 2 nitrogen and oxygen atoms in total. The molecule has 0 aromatic heterocycles. The Balaban J connectivity index is 2.35. The molecule has 0 amide bonds. The molecule has 2 aromatic carbocycles. The van der Waals surface area contributed by atoms with Crippen LogP contribution in [0.1, 0.15) is 5.56 Å². The molecule has 0 aliphatic rings. The van der Waals surface area contributed by atoms with Gasteiger partial charge in [-0.2, -0.15) is 0 Å². The van der Waals surface area contributed by atoms with E-state index in [4.69, 9.17) is 5.11 Å². The highest BCUT2D eigenvalue weighted by atomic mass is 79.9. The summed E-state index contributed by atoms with van der Waals surface area (Å²) in [5.41, 5.74) is 2.05. The molecule has 0 spiro atoms. The van der Waals surface area contributed by atoms with E-state index >= 15 is 0 Å². The molecule has 6 heteroatoms. The molecule has 0 atom stereocenters. The molecule has 0 heterocycles. The Kier molecular flexibility index (Phi) is 4.35. The van der Waals surface area contributed by atoms with Crippen molar-refractivity contribution in [2.24, 2.45) is 0 Å². The van der Waals surface area contributed by atoms with Crippen LogP contribution < -0.4 is 4.74 Å². The van der Waals surface area contributed by atoms with E-state index in [-0.39, 0.29) is 12.4 Å². The Morgan fingerprint density at radius 2 is 1.65 bits per heavy atom. The van der Waals surface area contributed by atoms with E-state index in [0.29, 0.717) is 10.0 Å². The van der Waals surface area contributed by atoms with Crippen molar-refractivity contribution in [1.29, 1.82) is 0 Å². The van der Waals surface area contributed by atoms with Crippen LogP contribution in [0, 0.1) is 0 Å². The average Bonchev–Trinajstić information content (AvgIpc) is 2.36. The fourth-order valence-corrected chi connectivity index (χ4v) is 2.20. The third-order valence-electron chi connectivity index (χ3n) is 2.57. The summed E-state index contributed by atoms with van der Waals surface area (Å²) in [6.45, 7) is -0.0821. The number of hydrogen-bond donors (Lipinski definition) is 1. The van der Waals surface area contributed by atoms with Gasteiger partial charge in [0.25, 0.3) is 0 Å². The summed E-state index contributed by atoms with van der Waals surface area (Å²) in [5.74, 6) is -0.284. The molecule has 106 valence electrons. The number of alkyl halides is 3. The molecule has 0 fully saturated rings. The third kappa shape index (κ3) is 3.98. The number of aliphatic hydroxyl groups is 1. The van der Waals surface area contributed by atoms with Crippen molar-refractivity contribution in [3.63, 3.8) is 0 Å². The van der Waals surface area contributed by atoms with Gasteiger partial charge in [0.1, 0.15) is 5.75 Å². The first-order chi connectivity index (χ1) is 9.37. The van der Waals surface area contributed by atoms with Gasteiger partial charge in [-0.3, -0.25) is 0 Å².